The summed E-state index contributed by atoms with van der Waals surface area (Å²) in [6.07, 6.45) is 0. The largest absolute Gasteiger partial charge is 0.323 e. The van der Waals surface area contributed by atoms with E-state index in [9.17, 15) is 4.79 Å². The van der Waals surface area contributed by atoms with Gasteiger partial charge in [0.1, 0.15) is 0 Å². The SMILES string of the molecule is CN1Cc2cc(C(N)c3ccccc3)ccc2NC1=O. The van der Waals surface area contributed by atoms with Crippen molar-refractivity contribution in [1.82, 2.24) is 4.90 Å². The van der Waals surface area contributed by atoms with Crippen LogP contribution in [0.15, 0.2) is 48.5 Å². The van der Waals surface area contributed by atoms with Crippen LogP contribution in [-0.2, 0) is 6.54 Å². The molecule has 0 radical (unpaired) electrons. The molecule has 3 N–H and O–H groups in total. The number of amides is 2. The summed E-state index contributed by atoms with van der Waals surface area (Å²) in [5, 5.41) is 2.86. The van der Waals surface area contributed by atoms with Crippen LogP contribution in [0.4, 0.5) is 10.5 Å². The predicted octanol–water partition coefficient (Wildman–Crippen LogP) is 2.71. The molecule has 0 spiro atoms. The fourth-order valence-electron chi connectivity index (χ4n) is 2.45. The van der Waals surface area contributed by atoms with E-state index in [-0.39, 0.29) is 12.1 Å². The van der Waals surface area contributed by atoms with Gasteiger partial charge in [0.25, 0.3) is 0 Å². The number of urea groups is 1. The van der Waals surface area contributed by atoms with E-state index in [1.54, 1.807) is 11.9 Å². The van der Waals surface area contributed by atoms with E-state index >= 15 is 0 Å². The number of carbonyl (C=O) groups excluding carboxylic acids is 1. The van der Waals surface area contributed by atoms with E-state index in [0.717, 1.165) is 22.4 Å². The first-order valence-corrected chi connectivity index (χ1v) is 6.60. The van der Waals surface area contributed by atoms with Gasteiger partial charge in [-0.15, -0.1) is 0 Å². The smallest absolute Gasteiger partial charge is 0.321 e. The Kier molecular flexibility index (Phi) is 3.16. The van der Waals surface area contributed by atoms with E-state index in [0.29, 0.717) is 6.54 Å². The minimum atomic E-state index is -0.149. The Morgan fingerprint density at radius 3 is 2.65 bits per heavy atom. The highest BCUT2D eigenvalue weighted by Gasteiger charge is 2.20. The summed E-state index contributed by atoms with van der Waals surface area (Å²) in [6.45, 7) is 0.608. The molecule has 2 aromatic carbocycles. The third kappa shape index (κ3) is 2.26. The van der Waals surface area contributed by atoms with Gasteiger partial charge < -0.3 is 16.0 Å². The highest BCUT2D eigenvalue weighted by molar-refractivity contribution is 5.92. The summed E-state index contributed by atoms with van der Waals surface area (Å²) in [6, 6.07) is 15.8. The summed E-state index contributed by atoms with van der Waals surface area (Å²) >= 11 is 0. The average Bonchev–Trinajstić information content (AvgIpc) is 2.48. The van der Waals surface area contributed by atoms with Crippen LogP contribution in [0.1, 0.15) is 22.7 Å². The summed E-state index contributed by atoms with van der Waals surface area (Å²) in [7, 11) is 1.78. The zero-order valence-corrected chi connectivity index (χ0v) is 11.3. The topological polar surface area (TPSA) is 58.4 Å². The highest BCUT2D eigenvalue weighted by Crippen LogP contribution is 2.27. The van der Waals surface area contributed by atoms with Crippen molar-refractivity contribution in [2.45, 2.75) is 12.6 Å². The maximum Gasteiger partial charge on any atom is 0.321 e. The Bertz CT molecular complexity index is 639. The summed E-state index contributed by atoms with van der Waals surface area (Å²) < 4.78 is 0. The monoisotopic (exact) mass is 267 g/mol. The van der Waals surface area contributed by atoms with E-state index in [1.807, 2.05) is 42.5 Å². The molecule has 102 valence electrons. The summed E-state index contributed by atoms with van der Waals surface area (Å²) in [4.78, 5) is 13.2. The third-order valence-electron chi connectivity index (χ3n) is 3.64. The van der Waals surface area contributed by atoms with Crippen LogP contribution in [0.3, 0.4) is 0 Å². The molecular weight excluding hydrogens is 250 g/mol. The number of hydrogen-bond donors (Lipinski definition) is 2. The number of nitrogens with zero attached hydrogens (tertiary/aromatic N) is 1. The first-order valence-electron chi connectivity index (χ1n) is 6.60. The van der Waals surface area contributed by atoms with Crippen molar-refractivity contribution in [3.63, 3.8) is 0 Å². The normalized spacial score (nSPS) is 15.5. The molecule has 4 heteroatoms. The number of rotatable bonds is 2. The van der Waals surface area contributed by atoms with Crippen molar-refractivity contribution in [3.8, 4) is 0 Å². The molecule has 1 aliphatic rings. The lowest BCUT2D eigenvalue weighted by atomic mass is 9.96. The Morgan fingerprint density at radius 1 is 1.15 bits per heavy atom. The van der Waals surface area contributed by atoms with Crippen LogP contribution in [0, 0.1) is 0 Å². The minimum absolute atomic E-state index is 0.0717. The van der Waals surface area contributed by atoms with Crippen LogP contribution >= 0.6 is 0 Å². The number of nitrogens with one attached hydrogen (secondary N) is 1. The lowest BCUT2D eigenvalue weighted by Crippen LogP contribution is -2.35. The van der Waals surface area contributed by atoms with Gasteiger partial charge in [0.2, 0.25) is 0 Å². The van der Waals surface area contributed by atoms with Crippen LogP contribution < -0.4 is 11.1 Å². The molecule has 2 aromatic rings. The van der Waals surface area contributed by atoms with Crippen molar-refractivity contribution in [2.75, 3.05) is 12.4 Å². The molecule has 1 atom stereocenters. The Labute approximate surface area is 118 Å². The number of anilines is 1. The molecule has 1 aliphatic heterocycles. The molecular formula is C16H17N3O. The van der Waals surface area contributed by atoms with Crippen LogP contribution in [0.5, 0.6) is 0 Å². The number of benzene rings is 2. The number of nitrogens with two attached hydrogens (primary N) is 1. The predicted molar refractivity (Wildman–Crippen MR) is 79.4 cm³/mol. The molecule has 0 bridgehead atoms. The molecule has 1 unspecified atom stereocenters. The molecule has 0 fully saturated rings. The molecule has 1 heterocycles. The fraction of sp³-hybridized carbons (Fsp3) is 0.188. The fourth-order valence-corrected chi connectivity index (χ4v) is 2.45. The van der Waals surface area contributed by atoms with Gasteiger partial charge in [0.05, 0.1) is 6.04 Å². The summed E-state index contributed by atoms with van der Waals surface area (Å²) in [5.74, 6) is 0. The Hall–Kier alpha value is -2.33. The van der Waals surface area contributed by atoms with Crippen molar-refractivity contribution in [3.05, 3.63) is 65.2 Å². The molecule has 0 aromatic heterocycles. The third-order valence-corrected chi connectivity index (χ3v) is 3.64. The molecule has 3 rings (SSSR count). The van der Waals surface area contributed by atoms with Gasteiger partial charge in [0, 0.05) is 19.3 Å². The first-order chi connectivity index (χ1) is 9.65. The second-order valence-electron chi connectivity index (χ2n) is 5.09. The first kappa shape index (κ1) is 12.7. The Balaban J connectivity index is 1.93. The number of fused-ring (bicyclic) bond motifs is 1. The van der Waals surface area contributed by atoms with Crippen molar-refractivity contribution in [1.29, 1.82) is 0 Å². The van der Waals surface area contributed by atoms with Gasteiger partial charge in [0.15, 0.2) is 0 Å². The second-order valence-corrected chi connectivity index (χ2v) is 5.09. The average molecular weight is 267 g/mol. The van der Waals surface area contributed by atoms with Gasteiger partial charge in [-0.2, -0.15) is 0 Å². The maximum atomic E-state index is 11.6. The van der Waals surface area contributed by atoms with Gasteiger partial charge >= 0.3 is 6.03 Å². The molecule has 20 heavy (non-hydrogen) atoms. The molecule has 0 saturated carbocycles. The van der Waals surface area contributed by atoms with E-state index < -0.39 is 0 Å². The molecule has 2 amide bonds. The van der Waals surface area contributed by atoms with Crippen LogP contribution in [0.2, 0.25) is 0 Å². The van der Waals surface area contributed by atoms with Gasteiger partial charge in [-0.25, -0.2) is 4.79 Å². The van der Waals surface area contributed by atoms with E-state index in [1.165, 1.54) is 0 Å². The molecule has 0 aliphatic carbocycles. The van der Waals surface area contributed by atoms with Crippen molar-refractivity contribution < 1.29 is 4.79 Å². The van der Waals surface area contributed by atoms with Gasteiger partial charge in [-0.3, -0.25) is 0 Å². The molecule has 0 saturated heterocycles. The van der Waals surface area contributed by atoms with E-state index in [4.69, 9.17) is 5.73 Å². The van der Waals surface area contributed by atoms with Gasteiger partial charge in [-0.1, -0.05) is 42.5 Å². The quantitative estimate of drug-likeness (QED) is 0.879. The maximum absolute atomic E-state index is 11.6. The number of hydrogen-bond acceptors (Lipinski definition) is 2. The zero-order chi connectivity index (χ0) is 14.1. The van der Waals surface area contributed by atoms with E-state index in [2.05, 4.69) is 11.4 Å². The zero-order valence-electron chi connectivity index (χ0n) is 11.3. The van der Waals surface area contributed by atoms with Crippen molar-refractivity contribution in [2.24, 2.45) is 5.73 Å². The summed E-state index contributed by atoms with van der Waals surface area (Å²) in [5.41, 5.74) is 10.4. The lowest BCUT2D eigenvalue weighted by molar-refractivity contribution is 0.218. The van der Waals surface area contributed by atoms with Crippen LogP contribution in [0.25, 0.3) is 0 Å². The van der Waals surface area contributed by atoms with Crippen LogP contribution in [-0.4, -0.2) is 18.0 Å². The number of carbonyl (C=O) groups is 1. The highest BCUT2D eigenvalue weighted by atomic mass is 16.2. The minimum Gasteiger partial charge on any atom is -0.323 e. The standard InChI is InChI=1S/C16H17N3O/c1-19-10-13-9-12(7-8-14(13)18-16(19)20)15(17)11-5-3-2-4-6-11/h2-9,15H,10,17H2,1H3,(H,18,20). The Morgan fingerprint density at radius 2 is 1.90 bits per heavy atom. The lowest BCUT2D eigenvalue weighted by Gasteiger charge is -2.27. The van der Waals surface area contributed by atoms with Crippen molar-refractivity contribution >= 4 is 11.7 Å². The van der Waals surface area contributed by atoms with Gasteiger partial charge in [-0.05, 0) is 22.8 Å². The second kappa shape index (κ2) is 4.98. The molecule has 4 nitrogen and oxygen atoms in total.